The summed E-state index contributed by atoms with van der Waals surface area (Å²) in [6.07, 6.45) is 9.16. The van der Waals surface area contributed by atoms with Gasteiger partial charge in [0.2, 0.25) is 0 Å². The summed E-state index contributed by atoms with van der Waals surface area (Å²) in [7, 11) is 1.87. The maximum Gasteiger partial charge on any atom is 0.169 e. The van der Waals surface area contributed by atoms with Crippen molar-refractivity contribution in [3.05, 3.63) is 66.5 Å². The highest BCUT2D eigenvalue weighted by Crippen LogP contribution is 2.23. The Hall–Kier alpha value is -3.65. The Morgan fingerprint density at radius 2 is 1.93 bits per heavy atom. The Labute approximate surface area is 173 Å². The molecule has 0 spiro atoms. The van der Waals surface area contributed by atoms with Crippen LogP contribution in [0.4, 0.5) is 5.82 Å². The van der Waals surface area contributed by atoms with Crippen molar-refractivity contribution < 1.29 is 4.79 Å². The van der Waals surface area contributed by atoms with Crippen LogP contribution < -0.4 is 10.6 Å². The van der Waals surface area contributed by atoms with Crippen LogP contribution in [-0.4, -0.2) is 49.6 Å². The van der Waals surface area contributed by atoms with Crippen LogP contribution in [0.5, 0.6) is 0 Å². The summed E-state index contributed by atoms with van der Waals surface area (Å²) in [6.45, 7) is 1.54. The van der Waals surface area contributed by atoms with Crippen molar-refractivity contribution in [2.45, 2.75) is 12.5 Å². The molecule has 0 amide bonds. The van der Waals surface area contributed by atoms with Crippen LogP contribution >= 0.6 is 0 Å². The zero-order valence-corrected chi connectivity index (χ0v) is 16.6. The fourth-order valence-electron chi connectivity index (χ4n) is 3.62. The molecule has 1 saturated heterocycles. The van der Waals surface area contributed by atoms with E-state index in [1.165, 1.54) is 0 Å². The lowest BCUT2D eigenvalue weighted by Crippen LogP contribution is -2.56. The minimum Gasteiger partial charge on any atom is -0.353 e. The van der Waals surface area contributed by atoms with Gasteiger partial charge in [0.15, 0.2) is 5.78 Å². The standard InChI is InChI=1S/C22H21N7O/c1-28-11-17(10-27-28)20-5-15-4-19(25-8-16(15)9-26-20)7-21(30)14-2-3-24-22(6-14)29-12-18(23)13-29/h2-6,8-11,18H,7,12-13,23H2,1H3. The average molecular weight is 399 g/mol. The molecule has 2 N–H and O–H groups in total. The molecule has 8 nitrogen and oxygen atoms in total. The normalized spacial score (nSPS) is 14.1. The molecule has 150 valence electrons. The van der Waals surface area contributed by atoms with Crippen LogP contribution in [0, 0.1) is 0 Å². The first kappa shape index (κ1) is 18.4. The molecule has 1 aliphatic rings. The summed E-state index contributed by atoms with van der Waals surface area (Å²) < 4.78 is 1.74. The van der Waals surface area contributed by atoms with Gasteiger partial charge in [-0.15, -0.1) is 0 Å². The van der Waals surface area contributed by atoms with Gasteiger partial charge in [-0.1, -0.05) is 0 Å². The number of nitrogens with zero attached hydrogens (tertiary/aromatic N) is 6. The predicted molar refractivity (Wildman–Crippen MR) is 114 cm³/mol. The van der Waals surface area contributed by atoms with E-state index < -0.39 is 0 Å². The molecule has 0 bridgehead atoms. The fraction of sp³-hybridized carbons (Fsp3) is 0.227. The van der Waals surface area contributed by atoms with Crippen molar-refractivity contribution in [3.8, 4) is 11.3 Å². The molecule has 5 heterocycles. The van der Waals surface area contributed by atoms with E-state index in [2.05, 4.69) is 25.0 Å². The summed E-state index contributed by atoms with van der Waals surface area (Å²) in [6, 6.07) is 7.71. The molecule has 5 rings (SSSR count). The lowest BCUT2D eigenvalue weighted by atomic mass is 10.0. The monoisotopic (exact) mass is 399 g/mol. The summed E-state index contributed by atoms with van der Waals surface area (Å²) in [5.41, 5.74) is 8.99. The number of carbonyl (C=O) groups is 1. The predicted octanol–water partition coefficient (Wildman–Crippen LogP) is 2.00. The zero-order valence-electron chi connectivity index (χ0n) is 16.6. The van der Waals surface area contributed by atoms with Crippen LogP contribution in [-0.2, 0) is 13.5 Å². The number of rotatable bonds is 5. The summed E-state index contributed by atoms with van der Waals surface area (Å²) >= 11 is 0. The van der Waals surface area contributed by atoms with Gasteiger partial charge in [0.1, 0.15) is 5.82 Å². The Bertz CT molecular complexity index is 1240. The Morgan fingerprint density at radius 1 is 1.10 bits per heavy atom. The van der Waals surface area contributed by atoms with Crippen molar-refractivity contribution in [2.75, 3.05) is 18.0 Å². The number of anilines is 1. The molecule has 0 aliphatic carbocycles. The van der Waals surface area contributed by atoms with E-state index in [0.29, 0.717) is 5.56 Å². The van der Waals surface area contributed by atoms with Crippen LogP contribution in [0.3, 0.4) is 0 Å². The van der Waals surface area contributed by atoms with Gasteiger partial charge in [0, 0.05) is 73.2 Å². The molecule has 0 radical (unpaired) electrons. The maximum atomic E-state index is 12.9. The molecule has 0 saturated carbocycles. The van der Waals surface area contributed by atoms with Crippen molar-refractivity contribution in [1.82, 2.24) is 24.7 Å². The summed E-state index contributed by atoms with van der Waals surface area (Å²) in [5.74, 6) is 0.804. The number of pyridine rings is 3. The fourth-order valence-corrected chi connectivity index (χ4v) is 3.62. The average Bonchev–Trinajstić information content (AvgIpc) is 3.17. The number of Topliss-reactive ketones (excluding diaryl/α,β-unsaturated/α-hetero) is 1. The summed E-state index contributed by atoms with van der Waals surface area (Å²) in [4.78, 5) is 28.2. The number of nitrogens with two attached hydrogens (primary N) is 1. The lowest BCUT2D eigenvalue weighted by Gasteiger charge is -2.37. The number of aromatic nitrogens is 5. The number of hydrogen-bond acceptors (Lipinski definition) is 7. The van der Waals surface area contributed by atoms with Gasteiger partial charge in [-0.25, -0.2) is 4.98 Å². The van der Waals surface area contributed by atoms with Gasteiger partial charge in [-0.3, -0.25) is 19.4 Å². The zero-order chi connectivity index (χ0) is 20.7. The van der Waals surface area contributed by atoms with E-state index in [0.717, 1.165) is 46.6 Å². The Balaban J connectivity index is 1.38. The summed E-state index contributed by atoms with van der Waals surface area (Å²) in [5, 5.41) is 6.12. The number of hydrogen-bond donors (Lipinski definition) is 1. The third-order valence-electron chi connectivity index (χ3n) is 5.30. The SMILES string of the molecule is Cn1cc(-c2cc3cc(CC(=O)c4ccnc(N5CC(N)C5)c4)ncc3cn2)cn1. The maximum absolute atomic E-state index is 12.9. The van der Waals surface area contributed by atoms with Crippen molar-refractivity contribution in [2.24, 2.45) is 12.8 Å². The molecule has 0 aromatic carbocycles. The largest absolute Gasteiger partial charge is 0.353 e. The van der Waals surface area contributed by atoms with Crippen LogP contribution in [0.25, 0.3) is 22.0 Å². The smallest absolute Gasteiger partial charge is 0.169 e. The topological polar surface area (TPSA) is 103 Å². The van der Waals surface area contributed by atoms with E-state index in [4.69, 9.17) is 5.73 Å². The van der Waals surface area contributed by atoms with Gasteiger partial charge in [0.25, 0.3) is 0 Å². The second kappa shape index (κ2) is 7.31. The molecule has 0 atom stereocenters. The Morgan fingerprint density at radius 3 is 2.70 bits per heavy atom. The van der Waals surface area contributed by atoms with E-state index in [1.807, 2.05) is 31.4 Å². The number of carbonyl (C=O) groups excluding carboxylic acids is 1. The highest BCUT2D eigenvalue weighted by molar-refractivity contribution is 5.98. The van der Waals surface area contributed by atoms with E-state index in [1.54, 1.807) is 35.5 Å². The molecular formula is C22H21N7O. The van der Waals surface area contributed by atoms with Gasteiger partial charge < -0.3 is 10.6 Å². The second-order valence-corrected chi connectivity index (χ2v) is 7.66. The van der Waals surface area contributed by atoms with Gasteiger partial charge in [-0.05, 0) is 29.7 Å². The van der Waals surface area contributed by atoms with E-state index in [-0.39, 0.29) is 18.2 Å². The van der Waals surface area contributed by atoms with Crippen molar-refractivity contribution in [1.29, 1.82) is 0 Å². The molecule has 4 aromatic heterocycles. The second-order valence-electron chi connectivity index (χ2n) is 7.66. The van der Waals surface area contributed by atoms with Crippen molar-refractivity contribution in [3.63, 3.8) is 0 Å². The number of fused-ring (bicyclic) bond motifs is 1. The lowest BCUT2D eigenvalue weighted by molar-refractivity contribution is 0.0992. The van der Waals surface area contributed by atoms with Gasteiger partial charge in [0.05, 0.1) is 18.3 Å². The number of aryl methyl sites for hydroxylation is 1. The molecule has 8 heteroatoms. The third kappa shape index (κ3) is 3.53. The molecule has 30 heavy (non-hydrogen) atoms. The highest BCUT2D eigenvalue weighted by atomic mass is 16.1. The first-order valence-electron chi connectivity index (χ1n) is 9.78. The highest BCUT2D eigenvalue weighted by Gasteiger charge is 2.24. The van der Waals surface area contributed by atoms with E-state index >= 15 is 0 Å². The van der Waals surface area contributed by atoms with E-state index in [9.17, 15) is 4.79 Å². The van der Waals surface area contributed by atoms with Crippen LogP contribution in [0.2, 0.25) is 0 Å². The molecule has 0 unspecified atom stereocenters. The van der Waals surface area contributed by atoms with Crippen LogP contribution in [0.15, 0.2) is 55.2 Å². The Kier molecular flexibility index (Phi) is 4.48. The van der Waals surface area contributed by atoms with Crippen LogP contribution in [0.1, 0.15) is 16.1 Å². The third-order valence-corrected chi connectivity index (χ3v) is 5.30. The van der Waals surface area contributed by atoms with Crippen molar-refractivity contribution >= 4 is 22.4 Å². The quantitative estimate of drug-likeness (QED) is 0.512. The van der Waals surface area contributed by atoms with Gasteiger partial charge in [-0.2, -0.15) is 5.10 Å². The first-order chi connectivity index (χ1) is 14.5. The minimum absolute atomic E-state index is 0.0110. The molecule has 4 aromatic rings. The number of ketones is 1. The minimum atomic E-state index is 0.0110. The first-order valence-corrected chi connectivity index (χ1v) is 9.78. The molecule has 1 fully saturated rings. The molecule has 1 aliphatic heterocycles. The molecular weight excluding hydrogens is 378 g/mol. The van der Waals surface area contributed by atoms with Gasteiger partial charge >= 0.3 is 0 Å².